The number of thiophene rings is 1. The molecule has 1 aromatic rings. The summed E-state index contributed by atoms with van der Waals surface area (Å²) in [7, 11) is 0. The van der Waals surface area contributed by atoms with E-state index in [-0.39, 0.29) is 30.7 Å². The first-order chi connectivity index (χ1) is 10.7. The molecule has 0 radical (unpaired) electrons. The molecule has 0 aliphatic carbocycles. The standard InChI is InChI=1S/C16H25N3OS2.2ClH/c1-12(19-5-2-15-13(10-19)3-6-22-15)9-18-16(20)8-14-11-21-7-4-17-14;;/h3,6,12,14,17H,2,4-5,7-11H2,1H3,(H,18,20);2*1H. The van der Waals surface area contributed by atoms with Crippen LogP contribution < -0.4 is 10.6 Å². The van der Waals surface area contributed by atoms with Crippen molar-refractivity contribution in [3.63, 3.8) is 0 Å². The summed E-state index contributed by atoms with van der Waals surface area (Å²) in [4.78, 5) is 16.1. The molecule has 2 atom stereocenters. The van der Waals surface area contributed by atoms with E-state index in [0.717, 1.165) is 44.1 Å². The topological polar surface area (TPSA) is 44.4 Å². The monoisotopic (exact) mass is 411 g/mol. The molecule has 0 saturated carbocycles. The average molecular weight is 412 g/mol. The average Bonchev–Trinajstić information content (AvgIpc) is 3.01. The zero-order valence-corrected chi connectivity index (χ0v) is 17.2. The van der Waals surface area contributed by atoms with Crippen molar-refractivity contribution < 1.29 is 4.79 Å². The van der Waals surface area contributed by atoms with Crippen molar-refractivity contribution >= 4 is 53.8 Å². The van der Waals surface area contributed by atoms with Crippen LogP contribution in [0.15, 0.2) is 11.4 Å². The third-order valence-corrected chi connectivity index (χ3v) is 6.64. The van der Waals surface area contributed by atoms with Gasteiger partial charge in [0.15, 0.2) is 0 Å². The van der Waals surface area contributed by atoms with E-state index >= 15 is 0 Å². The van der Waals surface area contributed by atoms with Crippen molar-refractivity contribution in [2.45, 2.75) is 38.4 Å². The van der Waals surface area contributed by atoms with Gasteiger partial charge in [-0.2, -0.15) is 11.8 Å². The Kier molecular flexibility index (Phi) is 10.0. The van der Waals surface area contributed by atoms with Crippen molar-refractivity contribution in [1.82, 2.24) is 15.5 Å². The summed E-state index contributed by atoms with van der Waals surface area (Å²) in [6.45, 7) is 6.11. The minimum atomic E-state index is 0. The van der Waals surface area contributed by atoms with Gasteiger partial charge in [-0.15, -0.1) is 36.2 Å². The van der Waals surface area contributed by atoms with E-state index in [1.54, 1.807) is 0 Å². The Hall–Kier alpha value is 0.0200. The molecule has 2 aliphatic heterocycles. The lowest BCUT2D eigenvalue weighted by Gasteiger charge is -2.32. The number of carbonyl (C=O) groups excluding carboxylic acids is 1. The number of thioether (sulfide) groups is 1. The third kappa shape index (κ3) is 6.07. The summed E-state index contributed by atoms with van der Waals surface area (Å²) < 4.78 is 0. The van der Waals surface area contributed by atoms with E-state index in [1.165, 1.54) is 10.4 Å². The van der Waals surface area contributed by atoms with Gasteiger partial charge >= 0.3 is 0 Å². The van der Waals surface area contributed by atoms with Gasteiger partial charge in [0.1, 0.15) is 0 Å². The zero-order valence-electron chi connectivity index (χ0n) is 14.0. The molecule has 0 spiro atoms. The van der Waals surface area contributed by atoms with E-state index in [4.69, 9.17) is 0 Å². The third-order valence-electron chi connectivity index (χ3n) is 4.49. The maximum atomic E-state index is 12.1. The Labute approximate surface area is 165 Å². The smallest absolute Gasteiger partial charge is 0.221 e. The van der Waals surface area contributed by atoms with Gasteiger partial charge in [0, 0.05) is 61.1 Å². The van der Waals surface area contributed by atoms with Crippen LogP contribution in [0.3, 0.4) is 0 Å². The van der Waals surface area contributed by atoms with Crippen LogP contribution >= 0.6 is 47.9 Å². The molecule has 2 aliphatic rings. The Morgan fingerprint density at radius 2 is 2.33 bits per heavy atom. The van der Waals surface area contributed by atoms with Crippen molar-refractivity contribution in [3.8, 4) is 0 Å². The lowest BCUT2D eigenvalue weighted by atomic mass is 10.1. The van der Waals surface area contributed by atoms with E-state index in [1.807, 2.05) is 23.1 Å². The minimum Gasteiger partial charge on any atom is -0.354 e. The summed E-state index contributed by atoms with van der Waals surface area (Å²) in [6.07, 6.45) is 1.75. The maximum Gasteiger partial charge on any atom is 0.221 e. The van der Waals surface area contributed by atoms with Crippen LogP contribution in [0.2, 0.25) is 0 Å². The Balaban J connectivity index is 0.00000144. The predicted molar refractivity (Wildman–Crippen MR) is 109 cm³/mol. The molecule has 8 heteroatoms. The van der Waals surface area contributed by atoms with Crippen LogP contribution in [0.5, 0.6) is 0 Å². The predicted octanol–water partition coefficient (Wildman–Crippen LogP) is 2.55. The van der Waals surface area contributed by atoms with Gasteiger partial charge in [-0.25, -0.2) is 0 Å². The van der Waals surface area contributed by atoms with Crippen LogP contribution in [-0.2, 0) is 17.8 Å². The molecule has 4 nitrogen and oxygen atoms in total. The number of hydrogen-bond acceptors (Lipinski definition) is 5. The summed E-state index contributed by atoms with van der Waals surface area (Å²) in [5.74, 6) is 2.39. The number of hydrogen-bond donors (Lipinski definition) is 2. The first-order valence-electron chi connectivity index (χ1n) is 8.09. The molecular formula is C16H27Cl2N3OS2. The number of carbonyl (C=O) groups is 1. The molecule has 3 rings (SSSR count). The minimum absolute atomic E-state index is 0. The van der Waals surface area contributed by atoms with Gasteiger partial charge in [-0.3, -0.25) is 9.69 Å². The normalized spacial score (nSPS) is 21.8. The van der Waals surface area contributed by atoms with Crippen LogP contribution in [0.25, 0.3) is 0 Å². The van der Waals surface area contributed by atoms with Crippen molar-refractivity contribution in [1.29, 1.82) is 0 Å². The van der Waals surface area contributed by atoms with Crippen LogP contribution in [0, 0.1) is 0 Å². The van der Waals surface area contributed by atoms with E-state index in [0.29, 0.717) is 18.5 Å². The highest BCUT2D eigenvalue weighted by atomic mass is 35.5. The van der Waals surface area contributed by atoms with Gasteiger partial charge in [0.05, 0.1) is 0 Å². The first-order valence-corrected chi connectivity index (χ1v) is 10.1. The second kappa shape index (κ2) is 10.9. The van der Waals surface area contributed by atoms with Crippen molar-refractivity contribution in [3.05, 3.63) is 21.9 Å². The van der Waals surface area contributed by atoms with Crippen LogP contribution in [0.4, 0.5) is 0 Å². The highest BCUT2D eigenvalue weighted by Gasteiger charge is 2.22. The van der Waals surface area contributed by atoms with E-state index in [2.05, 4.69) is 33.9 Å². The molecule has 1 saturated heterocycles. The molecule has 3 heterocycles. The molecule has 1 fully saturated rings. The molecule has 1 amide bonds. The Morgan fingerprint density at radius 1 is 1.50 bits per heavy atom. The molecule has 0 bridgehead atoms. The number of amides is 1. The molecule has 0 aromatic carbocycles. The quantitative estimate of drug-likeness (QED) is 0.780. The fraction of sp³-hybridized carbons (Fsp3) is 0.688. The van der Waals surface area contributed by atoms with Gasteiger partial charge in [0.2, 0.25) is 5.91 Å². The molecule has 138 valence electrons. The fourth-order valence-corrected chi connectivity index (χ4v) is 4.92. The van der Waals surface area contributed by atoms with Crippen LogP contribution in [-0.4, -0.2) is 54.0 Å². The SMILES string of the molecule is CC(CNC(=O)CC1CSCCN1)N1CCc2sccc2C1.Cl.Cl. The highest BCUT2D eigenvalue weighted by Crippen LogP contribution is 2.24. The van der Waals surface area contributed by atoms with Gasteiger partial charge in [0.25, 0.3) is 0 Å². The first kappa shape index (κ1) is 22.1. The van der Waals surface area contributed by atoms with Gasteiger partial charge < -0.3 is 10.6 Å². The van der Waals surface area contributed by atoms with Crippen LogP contribution in [0.1, 0.15) is 23.8 Å². The molecular weight excluding hydrogens is 385 g/mol. The molecule has 2 N–H and O–H groups in total. The summed E-state index contributed by atoms with van der Waals surface area (Å²) in [6, 6.07) is 2.98. The van der Waals surface area contributed by atoms with E-state index in [9.17, 15) is 4.79 Å². The maximum absolute atomic E-state index is 12.1. The molecule has 24 heavy (non-hydrogen) atoms. The lowest BCUT2D eigenvalue weighted by molar-refractivity contribution is -0.121. The summed E-state index contributed by atoms with van der Waals surface area (Å²) >= 11 is 3.81. The fourth-order valence-electron chi connectivity index (χ4n) is 3.08. The summed E-state index contributed by atoms with van der Waals surface area (Å²) in [5, 5.41) is 8.73. The number of rotatable bonds is 5. The molecule has 2 unspecified atom stereocenters. The summed E-state index contributed by atoms with van der Waals surface area (Å²) in [5.41, 5.74) is 1.47. The zero-order chi connectivity index (χ0) is 15.4. The number of nitrogens with zero attached hydrogens (tertiary/aromatic N) is 1. The number of nitrogens with one attached hydrogen (secondary N) is 2. The van der Waals surface area contributed by atoms with Crippen molar-refractivity contribution in [2.75, 3.05) is 31.1 Å². The second-order valence-electron chi connectivity index (χ2n) is 6.17. The number of fused-ring (bicyclic) bond motifs is 1. The van der Waals surface area contributed by atoms with Crippen molar-refractivity contribution in [2.24, 2.45) is 0 Å². The second-order valence-corrected chi connectivity index (χ2v) is 8.32. The van der Waals surface area contributed by atoms with Gasteiger partial charge in [-0.1, -0.05) is 0 Å². The largest absolute Gasteiger partial charge is 0.354 e. The number of halogens is 2. The lowest BCUT2D eigenvalue weighted by Crippen LogP contribution is -2.46. The highest BCUT2D eigenvalue weighted by molar-refractivity contribution is 7.99. The molecule has 1 aromatic heterocycles. The van der Waals surface area contributed by atoms with E-state index < -0.39 is 0 Å². The Bertz CT molecular complexity index is 509. The Morgan fingerprint density at radius 3 is 3.08 bits per heavy atom. The van der Waals surface area contributed by atoms with Gasteiger partial charge in [-0.05, 0) is 30.4 Å².